The Morgan fingerprint density at radius 3 is 2.29 bits per heavy atom. The number of carbonyl (C=O) groups is 2. The number of amides is 2. The molecular formula is C12H18F3N3O3. The van der Waals surface area contributed by atoms with Crippen molar-refractivity contribution in [1.29, 1.82) is 0 Å². The third-order valence-corrected chi connectivity index (χ3v) is 3.48. The van der Waals surface area contributed by atoms with Crippen molar-refractivity contribution in [3.63, 3.8) is 0 Å². The Morgan fingerprint density at radius 2 is 1.76 bits per heavy atom. The summed E-state index contributed by atoms with van der Waals surface area (Å²) in [6.45, 7) is 0.750. The summed E-state index contributed by atoms with van der Waals surface area (Å²) in [6.07, 6.45) is -3.39. The lowest BCUT2D eigenvalue weighted by Gasteiger charge is -2.34. The lowest BCUT2D eigenvalue weighted by Crippen LogP contribution is -2.51. The fourth-order valence-corrected chi connectivity index (χ4v) is 2.23. The first kappa shape index (κ1) is 15.9. The van der Waals surface area contributed by atoms with Crippen LogP contribution in [0.4, 0.5) is 18.0 Å². The van der Waals surface area contributed by atoms with E-state index in [1.54, 1.807) is 4.90 Å². The van der Waals surface area contributed by atoms with Gasteiger partial charge in [0.15, 0.2) is 6.61 Å². The molecule has 1 heterocycles. The zero-order valence-corrected chi connectivity index (χ0v) is 11.5. The molecule has 9 heteroatoms. The van der Waals surface area contributed by atoms with Crippen molar-refractivity contribution >= 4 is 12.0 Å². The molecule has 1 aliphatic heterocycles. The molecule has 21 heavy (non-hydrogen) atoms. The van der Waals surface area contributed by atoms with Crippen molar-refractivity contribution < 1.29 is 27.5 Å². The van der Waals surface area contributed by atoms with Gasteiger partial charge in [-0.25, -0.2) is 4.79 Å². The molecule has 1 aliphatic carbocycles. The van der Waals surface area contributed by atoms with E-state index < -0.39 is 18.9 Å². The van der Waals surface area contributed by atoms with E-state index in [1.165, 1.54) is 12.8 Å². The molecule has 1 saturated carbocycles. The van der Waals surface area contributed by atoms with Gasteiger partial charge in [-0.1, -0.05) is 0 Å². The highest BCUT2D eigenvalue weighted by Crippen LogP contribution is 2.27. The molecule has 0 aromatic rings. The van der Waals surface area contributed by atoms with Crippen LogP contribution in [0, 0.1) is 0 Å². The quantitative estimate of drug-likeness (QED) is 0.825. The van der Waals surface area contributed by atoms with Crippen molar-refractivity contribution in [3.8, 4) is 0 Å². The molecule has 2 rings (SSSR count). The molecule has 0 aromatic carbocycles. The number of hydrogen-bond donors (Lipinski definition) is 1. The van der Waals surface area contributed by atoms with E-state index in [2.05, 4.69) is 9.64 Å². The molecule has 0 unspecified atom stereocenters. The van der Waals surface area contributed by atoms with Crippen LogP contribution in [0.2, 0.25) is 0 Å². The maximum absolute atomic E-state index is 11.8. The van der Waals surface area contributed by atoms with E-state index >= 15 is 0 Å². The van der Waals surface area contributed by atoms with E-state index in [0.29, 0.717) is 19.1 Å². The second-order valence-corrected chi connectivity index (χ2v) is 5.19. The zero-order valence-electron chi connectivity index (χ0n) is 11.5. The van der Waals surface area contributed by atoms with Gasteiger partial charge in [-0.15, -0.1) is 0 Å². The molecule has 2 amide bonds. The fraction of sp³-hybridized carbons (Fsp3) is 0.833. The lowest BCUT2D eigenvalue weighted by molar-refractivity contribution is -0.160. The standard InChI is InChI=1S/C12H18F3N3O3/c13-12(14,15)8-21-11(20)16-7-10(19)18-5-3-17(4-6-18)9-1-2-9/h9H,1-8H2,(H,16,20). The Kier molecular flexibility index (Phi) is 4.92. The first-order chi connectivity index (χ1) is 9.85. The van der Waals surface area contributed by atoms with Gasteiger partial charge in [0.25, 0.3) is 0 Å². The van der Waals surface area contributed by atoms with E-state index in [9.17, 15) is 22.8 Å². The summed E-state index contributed by atoms with van der Waals surface area (Å²) in [7, 11) is 0. The van der Waals surface area contributed by atoms with Gasteiger partial charge in [-0.05, 0) is 12.8 Å². The number of alkyl halides is 3. The first-order valence-electron chi connectivity index (χ1n) is 6.84. The van der Waals surface area contributed by atoms with Crippen LogP contribution in [0.1, 0.15) is 12.8 Å². The third kappa shape index (κ3) is 5.41. The van der Waals surface area contributed by atoms with E-state index in [4.69, 9.17) is 0 Å². The van der Waals surface area contributed by atoms with Gasteiger partial charge in [-0.2, -0.15) is 13.2 Å². The molecule has 0 radical (unpaired) electrons. The molecule has 1 N–H and O–H groups in total. The summed E-state index contributed by atoms with van der Waals surface area (Å²) in [4.78, 5) is 26.8. The van der Waals surface area contributed by atoms with Crippen LogP contribution in [0.5, 0.6) is 0 Å². The maximum atomic E-state index is 11.8. The molecule has 6 nitrogen and oxygen atoms in total. The smallest absolute Gasteiger partial charge is 0.422 e. The molecule has 0 spiro atoms. The van der Waals surface area contributed by atoms with E-state index in [1.807, 2.05) is 5.32 Å². The molecule has 1 saturated heterocycles. The molecular weight excluding hydrogens is 291 g/mol. The number of rotatable bonds is 4. The topological polar surface area (TPSA) is 61.9 Å². The first-order valence-corrected chi connectivity index (χ1v) is 6.84. The minimum absolute atomic E-state index is 0.311. The highest BCUT2D eigenvalue weighted by Gasteiger charge is 2.32. The zero-order chi connectivity index (χ0) is 15.5. The Morgan fingerprint density at radius 1 is 1.14 bits per heavy atom. The summed E-state index contributed by atoms with van der Waals surface area (Å²) >= 11 is 0. The van der Waals surface area contributed by atoms with Crippen molar-refractivity contribution in [2.45, 2.75) is 25.1 Å². The number of ether oxygens (including phenoxy) is 1. The Bertz CT molecular complexity index is 391. The summed E-state index contributed by atoms with van der Waals surface area (Å²) in [5.74, 6) is -0.311. The van der Waals surface area contributed by atoms with Crippen LogP contribution in [0.25, 0.3) is 0 Å². The van der Waals surface area contributed by atoms with Gasteiger partial charge >= 0.3 is 12.3 Å². The highest BCUT2D eigenvalue weighted by molar-refractivity contribution is 5.82. The summed E-state index contributed by atoms with van der Waals surface area (Å²) in [5, 5.41) is 2.03. The fourth-order valence-electron chi connectivity index (χ4n) is 2.23. The van der Waals surface area contributed by atoms with Gasteiger partial charge < -0.3 is 15.0 Å². The number of nitrogens with zero attached hydrogens (tertiary/aromatic N) is 2. The molecule has 2 aliphatic rings. The number of alkyl carbamates (subject to hydrolysis) is 1. The Balaban J connectivity index is 1.62. The minimum atomic E-state index is -4.57. The predicted molar refractivity (Wildman–Crippen MR) is 66.6 cm³/mol. The normalized spacial score (nSPS) is 20.2. The van der Waals surface area contributed by atoms with E-state index in [-0.39, 0.29) is 12.5 Å². The second-order valence-electron chi connectivity index (χ2n) is 5.19. The van der Waals surface area contributed by atoms with Gasteiger partial charge in [-0.3, -0.25) is 9.69 Å². The Hall–Kier alpha value is -1.51. The highest BCUT2D eigenvalue weighted by atomic mass is 19.4. The number of nitrogens with one attached hydrogen (secondary N) is 1. The van der Waals surface area contributed by atoms with Crippen LogP contribution in [0.15, 0.2) is 0 Å². The van der Waals surface area contributed by atoms with Gasteiger partial charge in [0.2, 0.25) is 5.91 Å². The average molecular weight is 309 g/mol. The van der Waals surface area contributed by atoms with Crippen molar-refractivity contribution in [2.24, 2.45) is 0 Å². The van der Waals surface area contributed by atoms with Crippen molar-refractivity contribution in [3.05, 3.63) is 0 Å². The second kappa shape index (κ2) is 6.50. The van der Waals surface area contributed by atoms with E-state index in [0.717, 1.165) is 13.1 Å². The predicted octanol–water partition coefficient (Wildman–Crippen LogP) is 0.581. The minimum Gasteiger partial charge on any atom is -0.440 e. The SMILES string of the molecule is O=C(NCC(=O)N1CCN(C2CC2)CC1)OCC(F)(F)F. The third-order valence-electron chi connectivity index (χ3n) is 3.48. The van der Waals surface area contributed by atoms with Crippen LogP contribution >= 0.6 is 0 Å². The maximum Gasteiger partial charge on any atom is 0.422 e. The number of carbonyl (C=O) groups excluding carboxylic acids is 2. The van der Waals surface area contributed by atoms with Gasteiger partial charge in [0.1, 0.15) is 6.54 Å². The summed E-state index contributed by atoms with van der Waals surface area (Å²) in [5.41, 5.74) is 0. The Labute approximate surface area is 120 Å². The molecule has 2 fully saturated rings. The van der Waals surface area contributed by atoms with Crippen molar-refractivity contribution in [1.82, 2.24) is 15.1 Å². The average Bonchev–Trinajstić information content (AvgIpc) is 3.26. The molecule has 120 valence electrons. The van der Waals surface area contributed by atoms with Crippen molar-refractivity contribution in [2.75, 3.05) is 39.3 Å². The monoisotopic (exact) mass is 309 g/mol. The van der Waals surface area contributed by atoms with Gasteiger partial charge in [0.05, 0.1) is 0 Å². The van der Waals surface area contributed by atoms with Crippen LogP contribution < -0.4 is 5.32 Å². The lowest BCUT2D eigenvalue weighted by atomic mass is 10.3. The largest absolute Gasteiger partial charge is 0.440 e. The summed E-state index contributed by atoms with van der Waals surface area (Å²) < 4.78 is 39.4. The van der Waals surface area contributed by atoms with Crippen LogP contribution in [-0.4, -0.2) is 73.3 Å². The number of piperazine rings is 1. The van der Waals surface area contributed by atoms with Gasteiger partial charge in [0, 0.05) is 32.2 Å². The van der Waals surface area contributed by atoms with Crippen LogP contribution in [0.3, 0.4) is 0 Å². The molecule has 0 atom stereocenters. The summed E-state index contributed by atoms with van der Waals surface area (Å²) in [6, 6.07) is 0.651. The molecule has 0 aromatic heterocycles. The number of halogens is 3. The number of hydrogen-bond acceptors (Lipinski definition) is 4. The van der Waals surface area contributed by atoms with Crippen LogP contribution in [-0.2, 0) is 9.53 Å². The molecule has 0 bridgehead atoms.